The normalized spacial score (nSPS) is 9.78. The Bertz CT molecular complexity index is 590. The zero-order valence-corrected chi connectivity index (χ0v) is 14.2. The Hall–Kier alpha value is -2.04. The van der Waals surface area contributed by atoms with Crippen LogP contribution in [-0.4, -0.2) is 25.5 Å². The van der Waals surface area contributed by atoms with Crippen molar-refractivity contribution in [3.8, 4) is 0 Å². The number of carbonyl (C=O) groups excluding carboxylic acids is 1. The summed E-state index contributed by atoms with van der Waals surface area (Å²) in [6.07, 6.45) is 1.10. The second-order valence-electron chi connectivity index (χ2n) is 5.04. The van der Waals surface area contributed by atoms with Crippen LogP contribution < -0.4 is 16.0 Å². The second-order valence-corrected chi connectivity index (χ2v) is 5.04. The first-order valence-corrected chi connectivity index (χ1v) is 7.71. The first-order valence-electron chi connectivity index (χ1n) is 7.71. The van der Waals surface area contributed by atoms with Gasteiger partial charge in [-0.05, 0) is 37.2 Å². The highest BCUT2D eigenvalue weighted by molar-refractivity contribution is 6.00. The van der Waals surface area contributed by atoms with E-state index < -0.39 is 0 Å². The lowest BCUT2D eigenvalue weighted by molar-refractivity contribution is 0.0955. The van der Waals surface area contributed by atoms with Crippen molar-refractivity contribution in [3.05, 3.63) is 60.2 Å². The van der Waals surface area contributed by atoms with Gasteiger partial charge in [-0.2, -0.15) is 0 Å². The van der Waals surface area contributed by atoms with Gasteiger partial charge in [-0.1, -0.05) is 37.3 Å². The molecule has 0 spiro atoms. The zero-order chi connectivity index (χ0) is 15.6. The molecule has 5 heteroatoms. The predicted octanol–water partition coefficient (Wildman–Crippen LogP) is 3.58. The van der Waals surface area contributed by atoms with Gasteiger partial charge in [0.1, 0.15) is 0 Å². The summed E-state index contributed by atoms with van der Waals surface area (Å²) in [7, 11) is 0. The molecule has 0 aliphatic rings. The molecule has 0 aliphatic heterocycles. The largest absolute Gasteiger partial charge is 0.355 e. The van der Waals surface area contributed by atoms with E-state index in [1.165, 1.54) is 0 Å². The van der Waals surface area contributed by atoms with Gasteiger partial charge in [-0.25, -0.2) is 0 Å². The molecule has 2 rings (SSSR count). The van der Waals surface area contributed by atoms with Crippen molar-refractivity contribution < 1.29 is 4.79 Å². The van der Waals surface area contributed by atoms with Crippen LogP contribution in [0.2, 0.25) is 0 Å². The van der Waals surface area contributed by atoms with Crippen molar-refractivity contribution in [1.29, 1.82) is 0 Å². The molecule has 124 valence electrons. The Morgan fingerprint density at radius 1 is 0.913 bits per heavy atom. The molecule has 0 aromatic heterocycles. The maximum atomic E-state index is 12.3. The predicted molar refractivity (Wildman–Crippen MR) is 98.9 cm³/mol. The minimum Gasteiger partial charge on any atom is -0.355 e. The van der Waals surface area contributed by atoms with Crippen molar-refractivity contribution in [2.75, 3.05) is 25.0 Å². The summed E-state index contributed by atoms with van der Waals surface area (Å²) in [5, 5.41) is 9.50. The summed E-state index contributed by atoms with van der Waals surface area (Å²) in [6.45, 7) is 4.51. The third-order valence-electron chi connectivity index (χ3n) is 3.24. The van der Waals surface area contributed by atoms with Gasteiger partial charge in [0.2, 0.25) is 0 Å². The van der Waals surface area contributed by atoms with Crippen LogP contribution in [0.4, 0.5) is 11.4 Å². The number of para-hydroxylation sites is 2. The van der Waals surface area contributed by atoms with Crippen molar-refractivity contribution >= 4 is 29.7 Å². The van der Waals surface area contributed by atoms with Crippen molar-refractivity contribution in [1.82, 2.24) is 10.6 Å². The van der Waals surface area contributed by atoms with Gasteiger partial charge < -0.3 is 16.0 Å². The number of halogens is 1. The maximum absolute atomic E-state index is 12.3. The maximum Gasteiger partial charge on any atom is 0.253 e. The molecular formula is C18H24ClN3O. The lowest BCUT2D eigenvalue weighted by Crippen LogP contribution is -2.32. The number of anilines is 2. The Kier molecular flexibility index (Phi) is 8.80. The summed E-state index contributed by atoms with van der Waals surface area (Å²) in [5.41, 5.74) is 2.43. The van der Waals surface area contributed by atoms with Crippen LogP contribution in [0.15, 0.2) is 54.6 Å². The number of hydrogen-bond donors (Lipinski definition) is 3. The van der Waals surface area contributed by atoms with E-state index in [2.05, 4.69) is 22.9 Å². The first-order chi connectivity index (χ1) is 10.8. The monoisotopic (exact) mass is 333 g/mol. The Labute approximate surface area is 144 Å². The van der Waals surface area contributed by atoms with Gasteiger partial charge in [0.25, 0.3) is 5.91 Å². The quantitative estimate of drug-likeness (QED) is 0.647. The second kappa shape index (κ2) is 10.6. The minimum absolute atomic E-state index is 0. The summed E-state index contributed by atoms with van der Waals surface area (Å²) >= 11 is 0. The molecule has 3 N–H and O–H groups in total. The number of hydrogen-bond acceptors (Lipinski definition) is 3. The summed E-state index contributed by atoms with van der Waals surface area (Å²) < 4.78 is 0. The number of benzene rings is 2. The summed E-state index contributed by atoms with van der Waals surface area (Å²) in [5.74, 6) is -0.0580. The highest BCUT2D eigenvalue weighted by Gasteiger charge is 2.10. The molecule has 0 radical (unpaired) electrons. The third-order valence-corrected chi connectivity index (χ3v) is 3.24. The molecule has 2 aromatic rings. The molecule has 0 unspecified atom stereocenters. The molecule has 0 saturated carbocycles. The van der Waals surface area contributed by atoms with E-state index in [0.717, 1.165) is 30.9 Å². The third kappa shape index (κ3) is 6.30. The standard InChI is InChI=1S/C18H23N3O.ClH/c1-2-12-19-13-14-20-18(22)16-10-6-7-11-17(16)21-15-8-4-3-5-9-15;/h3-11,19,21H,2,12-14H2,1H3,(H,20,22);1H. The van der Waals surface area contributed by atoms with Crippen LogP contribution in [0.1, 0.15) is 23.7 Å². The Balaban J connectivity index is 0.00000264. The topological polar surface area (TPSA) is 53.2 Å². The van der Waals surface area contributed by atoms with E-state index >= 15 is 0 Å². The lowest BCUT2D eigenvalue weighted by Gasteiger charge is -2.12. The van der Waals surface area contributed by atoms with Crippen LogP contribution in [0, 0.1) is 0 Å². The van der Waals surface area contributed by atoms with Gasteiger partial charge in [0.15, 0.2) is 0 Å². The molecular weight excluding hydrogens is 310 g/mol. The van der Waals surface area contributed by atoms with Gasteiger partial charge in [0.05, 0.1) is 11.3 Å². The van der Waals surface area contributed by atoms with Crippen LogP contribution in [0.3, 0.4) is 0 Å². The zero-order valence-electron chi connectivity index (χ0n) is 13.3. The number of rotatable bonds is 8. The molecule has 23 heavy (non-hydrogen) atoms. The molecule has 2 aromatic carbocycles. The van der Waals surface area contributed by atoms with E-state index in [1.807, 2.05) is 54.6 Å². The average Bonchev–Trinajstić information content (AvgIpc) is 2.56. The van der Waals surface area contributed by atoms with Gasteiger partial charge in [0, 0.05) is 18.8 Å². The molecule has 0 fully saturated rings. The van der Waals surface area contributed by atoms with Crippen molar-refractivity contribution in [2.45, 2.75) is 13.3 Å². The fourth-order valence-corrected chi connectivity index (χ4v) is 2.13. The van der Waals surface area contributed by atoms with Crippen LogP contribution in [0.5, 0.6) is 0 Å². The molecule has 4 nitrogen and oxygen atoms in total. The van der Waals surface area contributed by atoms with E-state index in [9.17, 15) is 4.79 Å². The summed E-state index contributed by atoms with van der Waals surface area (Å²) in [4.78, 5) is 12.3. The number of carbonyl (C=O) groups is 1. The van der Waals surface area contributed by atoms with Gasteiger partial charge >= 0.3 is 0 Å². The molecule has 0 bridgehead atoms. The molecule has 0 aliphatic carbocycles. The molecule has 0 saturated heterocycles. The van der Waals surface area contributed by atoms with E-state index in [0.29, 0.717) is 12.1 Å². The SMILES string of the molecule is CCCNCCNC(=O)c1ccccc1Nc1ccccc1.Cl. The molecule has 0 atom stereocenters. The minimum atomic E-state index is -0.0580. The fraction of sp³-hybridized carbons (Fsp3) is 0.278. The van der Waals surface area contributed by atoms with E-state index in [-0.39, 0.29) is 18.3 Å². The van der Waals surface area contributed by atoms with Crippen molar-refractivity contribution in [3.63, 3.8) is 0 Å². The van der Waals surface area contributed by atoms with Crippen LogP contribution in [0.25, 0.3) is 0 Å². The Morgan fingerprint density at radius 3 is 2.35 bits per heavy atom. The number of amides is 1. The smallest absolute Gasteiger partial charge is 0.253 e. The van der Waals surface area contributed by atoms with Crippen molar-refractivity contribution in [2.24, 2.45) is 0 Å². The molecule has 1 amide bonds. The van der Waals surface area contributed by atoms with Crippen LogP contribution >= 0.6 is 12.4 Å². The van der Waals surface area contributed by atoms with Crippen LogP contribution in [-0.2, 0) is 0 Å². The average molecular weight is 334 g/mol. The first kappa shape index (κ1) is 19.0. The lowest BCUT2D eigenvalue weighted by atomic mass is 10.1. The highest BCUT2D eigenvalue weighted by atomic mass is 35.5. The summed E-state index contributed by atoms with van der Waals surface area (Å²) in [6, 6.07) is 17.4. The fourth-order valence-electron chi connectivity index (χ4n) is 2.13. The highest BCUT2D eigenvalue weighted by Crippen LogP contribution is 2.20. The Morgan fingerprint density at radius 2 is 1.61 bits per heavy atom. The van der Waals surface area contributed by atoms with Gasteiger partial charge in [-0.15, -0.1) is 12.4 Å². The van der Waals surface area contributed by atoms with E-state index in [1.54, 1.807) is 0 Å². The van der Waals surface area contributed by atoms with E-state index in [4.69, 9.17) is 0 Å². The number of nitrogens with one attached hydrogen (secondary N) is 3. The molecule has 0 heterocycles. The van der Waals surface area contributed by atoms with Gasteiger partial charge in [-0.3, -0.25) is 4.79 Å².